The van der Waals surface area contributed by atoms with Crippen molar-refractivity contribution in [1.82, 2.24) is 10.6 Å². The number of carbonyl (C=O) groups excluding carboxylic acids is 2. The van der Waals surface area contributed by atoms with Crippen LogP contribution < -0.4 is 22.1 Å². The second-order valence-corrected chi connectivity index (χ2v) is 3.82. The van der Waals surface area contributed by atoms with E-state index in [-0.39, 0.29) is 11.7 Å². The first-order chi connectivity index (χ1) is 8.01. The van der Waals surface area contributed by atoms with E-state index in [0.717, 1.165) is 0 Å². The molecule has 1 radical (unpaired) electrons. The van der Waals surface area contributed by atoms with Crippen molar-refractivity contribution in [3.05, 3.63) is 0 Å². The molecule has 0 heterocycles. The van der Waals surface area contributed by atoms with Crippen molar-refractivity contribution in [2.24, 2.45) is 11.5 Å². The number of rotatable bonds is 8. The van der Waals surface area contributed by atoms with Crippen LogP contribution in [0.1, 0.15) is 12.8 Å². The molecule has 0 aromatic heterocycles. The van der Waals surface area contributed by atoms with E-state index in [9.17, 15) is 9.59 Å². The molecule has 2 atom stereocenters. The number of hydrogen-bond donors (Lipinski definition) is 6. The van der Waals surface area contributed by atoms with Crippen LogP contribution in [0.15, 0.2) is 0 Å². The van der Waals surface area contributed by atoms with Crippen LogP contribution >= 0.6 is 12.6 Å². The van der Waals surface area contributed by atoms with Gasteiger partial charge in [-0.15, -0.1) is 0 Å². The highest BCUT2D eigenvalue weighted by Gasteiger charge is 2.16. The third kappa shape index (κ3) is 7.58. The van der Waals surface area contributed by atoms with E-state index in [1.807, 2.05) is 0 Å². The van der Waals surface area contributed by atoms with E-state index >= 15 is 0 Å². The summed E-state index contributed by atoms with van der Waals surface area (Å²) in [6.45, 7) is 0.460. The fraction of sp³-hybridized carbons (Fsp3) is 0.667. The minimum atomic E-state index is -0.732. The van der Waals surface area contributed by atoms with E-state index in [1.54, 1.807) is 6.29 Å². The topological polar surface area (TPSA) is 134 Å². The molecule has 0 rings (SSSR count). The number of carbonyl (C=O) groups is 1. The Bertz CT molecular complexity index is 274. The van der Waals surface area contributed by atoms with E-state index in [0.29, 0.717) is 19.4 Å². The lowest BCUT2D eigenvalue weighted by molar-refractivity contribution is -0.122. The number of thiol groups is 1. The Balaban J connectivity index is 3.87. The molecular formula is C9H18N5O2S. The Labute approximate surface area is 106 Å². The minimum absolute atomic E-state index is 0.127. The summed E-state index contributed by atoms with van der Waals surface area (Å²) in [6.07, 6.45) is 2.72. The molecule has 0 saturated heterocycles. The lowest BCUT2D eigenvalue weighted by atomic mass is 10.1. The lowest BCUT2D eigenvalue weighted by Crippen LogP contribution is -2.47. The molecule has 0 aromatic carbocycles. The monoisotopic (exact) mass is 260 g/mol. The highest BCUT2D eigenvalue weighted by Crippen LogP contribution is 1.95. The molecule has 0 bridgehead atoms. The van der Waals surface area contributed by atoms with Gasteiger partial charge in [0, 0.05) is 12.3 Å². The molecule has 0 aliphatic carbocycles. The summed E-state index contributed by atoms with van der Waals surface area (Å²) in [5, 5.41) is 12.0. The smallest absolute Gasteiger partial charge is 0.238 e. The minimum Gasteiger partial charge on any atom is -0.370 e. The van der Waals surface area contributed by atoms with Crippen LogP contribution in [0, 0.1) is 5.41 Å². The second-order valence-electron chi connectivity index (χ2n) is 3.45. The summed E-state index contributed by atoms with van der Waals surface area (Å²) >= 11 is 3.88. The van der Waals surface area contributed by atoms with Gasteiger partial charge in [-0.05, 0) is 12.8 Å². The first-order valence-corrected chi connectivity index (χ1v) is 5.77. The lowest BCUT2D eigenvalue weighted by Gasteiger charge is -2.14. The number of nitrogens with two attached hydrogens (primary N) is 2. The van der Waals surface area contributed by atoms with Gasteiger partial charge in [0.15, 0.2) is 5.96 Å². The highest BCUT2D eigenvalue weighted by molar-refractivity contribution is 7.80. The molecule has 0 aliphatic rings. The molecule has 7 nitrogen and oxygen atoms in total. The van der Waals surface area contributed by atoms with Gasteiger partial charge < -0.3 is 22.1 Å². The molecule has 0 spiro atoms. The largest absolute Gasteiger partial charge is 0.370 e. The summed E-state index contributed by atoms with van der Waals surface area (Å²) in [7, 11) is 0. The average molecular weight is 260 g/mol. The fourth-order valence-electron chi connectivity index (χ4n) is 1.05. The summed E-state index contributed by atoms with van der Waals surface area (Å²) < 4.78 is 0. The van der Waals surface area contributed by atoms with Crippen LogP contribution in [0.25, 0.3) is 0 Å². The van der Waals surface area contributed by atoms with Crippen molar-refractivity contribution in [1.29, 1.82) is 5.41 Å². The van der Waals surface area contributed by atoms with Crippen LogP contribution in [0.2, 0.25) is 0 Å². The zero-order chi connectivity index (χ0) is 13.3. The Kier molecular flexibility index (Phi) is 8.16. The number of hydrogen-bond acceptors (Lipinski definition) is 5. The molecule has 97 valence electrons. The van der Waals surface area contributed by atoms with Crippen LogP contribution in [0.3, 0.4) is 0 Å². The maximum Gasteiger partial charge on any atom is 0.238 e. The van der Waals surface area contributed by atoms with Gasteiger partial charge in [0.05, 0.1) is 12.1 Å². The molecule has 0 fully saturated rings. The SMILES string of the molecule is N=C(N)NCCC[C@@H]([C]=O)NC(=O)[C@@H](N)CS. The van der Waals surface area contributed by atoms with Gasteiger partial charge in [-0.2, -0.15) is 12.6 Å². The standard InChI is InChI=1S/C9H18N5O2S/c10-7(5-17)8(16)14-6(4-15)2-1-3-13-9(11)12/h6-7,17H,1-3,5,10H2,(H,14,16)(H4,11,12,13)/t6-,7-/m0/s1. The molecule has 7 N–H and O–H groups in total. The van der Waals surface area contributed by atoms with E-state index < -0.39 is 18.0 Å². The van der Waals surface area contributed by atoms with Gasteiger partial charge in [-0.1, -0.05) is 0 Å². The summed E-state index contributed by atoms with van der Waals surface area (Å²) in [5.41, 5.74) is 10.5. The Hall–Kier alpha value is -1.28. The van der Waals surface area contributed by atoms with Crippen molar-refractivity contribution >= 4 is 30.8 Å². The van der Waals surface area contributed by atoms with Crippen LogP contribution in [-0.4, -0.2) is 42.5 Å². The maximum atomic E-state index is 11.4. The Morgan fingerprint density at radius 2 is 2.18 bits per heavy atom. The first-order valence-electron chi connectivity index (χ1n) is 5.13. The third-order valence-electron chi connectivity index (χ3n) is 1.98. The number of nitrogens with one attached hydrogen (secondary N) is 3. The predicted molar refractivity (Wildman–Crippen MR) is 68.6 cm³/mol. The number of guanidine groups is 1. The highest BCUT2D eigenvalue weighted by atomic mass is 32.1. The van der Waals surface area contributed by atoms with Crippen molar-refractivity contribution in [3.8, 4) is 0 Å². The van der Waals surface area contributed by atoms with E-state index in [4.69, 9.17) is 16.9 Å². The summed E-state index contributed by atoms with van der Waals surface area (Å²) in [4.78, 5) is 21.9. The molecule has 8 heteroatoms. The van der Waals surface area contributed by atoms with Crippen molar-refractivity contribution < 1.29 is 9.59 Å². The van der Waals surface area contributed by atoms with Gasteiger partial charge >= 0.3 is 0 Å². The molecule has 0 saturated carbocycles. The van der Waals surface area contributed by atoms with Crippen molar-refractivity contribution in [2.75, 3.05) is 12.3 Å². The fourth-order valence-corrected chi connectivity index (χ4v) is 1.22. The average Bonchev–Trinajstić information content (AvgIpc) is 2.31. The van der Waals surface area contributed by atoms with Crippen LogP contribution in [0.5, 0.6) is 0 Å². The molecule has 0 aromatic rings. The van der Waals surface area contributed by atoms with Gasteiger partial charge in [0.25, 0.3) is 0 Å². The predicted octanol–water partition coefficient (Wildman–Crippen LogP) is -1.90. The quantitative estimate of drug-likeness (QED) is 0.131. The Morgan fingerprint density at radius 3 is 2.65 bits per heavy atom. The summed E-state index contributed by atoms with van der Waals surface area (Å²) in [5.74, 6) is -0.339. The van der Waals surface area contributed by atoms with E-state index in [1.165, 1.54) is 0 Å². The van der Waals surface area contributed by atoms with Crippen LogP contribution in [0.4, 0.5) is 0 Å². The zero-order valence-corrected chi connectivity index (χ0v) is 10.3. The van der Waals surface area contributed by atoms with Gasteiger partial charge in [0.2, 0.25) is 12.2 Å². The van der Waals surface area contributed by atoms with Crippen LogP contribution in [-0.2, 0) is 9.59 Å². The van der Waals surface area contributed by atoms with Gasteiger partial charge in [0.1, 0.15) is 0 Å². The van der Waals surface area contributed by atoms with E-state index in [2.05, 4.69) is 23.3 Å². The number of amides is 1. The van der Waals surface area contributed by atoms with Crippen molar-refractivity contribution in [2.45, 2.75) is 24.9 Å². The molecular weight excluding hydrogens is 242 g/mol. The summed E-state index contributed by atoms with van der Waals surface area (Å²) in [6, 6.07) is -1.42. The molecule has 17 heavy (non-hydrogen) atoms. The Morgan fingerprint density at radius 1 is 1.53 bits per heavy atom. The molecule has 0 aliphatic heterocycles. The third-order valence-corrected chi connectivity index (χ3v) is 2.37. The van der Waals surface area contributed by atoms with Gasteiger partial charge in [-0.25, -0.2) is 0 Å². The molecule has 1 amide bonds. The molecule has 0 unspecified atom stereocenters. The maximum absolute atomic E-state index is 11.4. The van der Waals surface area contributed by atoms with Crippen molar-refractivity contribution in [3.63, 3.8) is 0 Å². The first kappa shape index (κ1) is 15.7. The second kappa shape index (κ2) is 8.82. The van der Waals surface area contributed by atoms with Gasteiger partial charge in [-0.3, -0.25) is 15.0 Å². The normalized spacial score (nSPS) is 13.5. The zero-order valence-electron chi connectivity index (χ0n) is 9.40.